The van der Waals surface area contributed by atoms with E-state index in [1.54, 1.807) is 0 Å². The lowest BCUT2D eigenvalue weighted by atomic mass is 9.96. The van der Waals surface area contributed by atoms with E-state index >= 15 is 0 Å². The smallest absolute Gasteiger partial charge is 0.315 e. The number of urea groups is 1. The Labute approximate surface area is 149 Å². The third-order valence-corrected chi connectivity index (χ3v) is 4.91. The fourth-order valence-electron chi connectivity index (χ4n) is 3.53. The molecule has 1 aliphatic carbocycles. The molecule has 1 heterocycles. The zero-order valence-electron chi connectivity index (χ0n) is 14.9. The molecule has 4 amide bonds. The van der Waals surface area contributed by atoms with Gasteiger partial charge in [-0.2, -0.15) is 0 Å². The molecular weight excluding hydrogens is 322 g/mol. The number of rotatable bonds is 7. The molecule has 142 valence electrons. The number of nitrogens with zero attached hydrogens (tertiary/aromatic N) is 1. The minimum atomic E-state index is -0.319. The van der Waals surface area contributed by atoms with Crippen molar-refractivity contribution < 1.29 is 14.4 Å². The van der Waals surface area contributed by atoms with E-state index in [9.17, 15) is 14.4 Å². The van der Waals surface area contributed by atoms with E-state index < -0.39 is 0 Å². The first-order valence-corrected chi connectivity index (χ1v) is 9.37. The third kappa shape index (κ3) is 7.72. The first-order valence-electron chi connectivity index (χ1n) is 9.37. The molecule has 0 spiro atoms. The van der Waals surface area contributed by atoms with Crippen LogP contribution in [0.2, 0.25) is 0 Å². The maximum Gasteiger partial charge on any atom is 0.315 e. The normalized spacial score (nSPS) is 20.0. The van der Waals surface area contributed by atoms with Crippen molar-refractivity contribution in [2.75, 3.05) is 26.2 Å². The Hall–Kier alpha value is -1.83. The highest BCUT2D eigenvalue weighted by atomic mass is 16.2. The van der Waals surface area contributed by atoms with Gasteiger partial charge in [-0.3, -0.25) is 14.5 Å². The second-order valence-electron chi connectivity index (χ2n) is 7.07. The average Bonchev–Trinajstić information content (AvgIpc) is 2.57. The van der Waals surface area contributed by atoms with E-state index in [4.69, 9.17) is 5.73 Å². The number of piperidine rings is 1. The van der Waals surface area contributed by atoms with Crippen LogP contribution in [-0.4, -0.2) is 61.0 Å². The fourth-order valence-corrected chi connectivity index (χ4v) is 3.53. The predicted molar refractivity (Wildman–Crippen MR) is 94.8 cm³/mol. The molecule has 25 heavy (non-hydrogen) atoms. The van der Waals surface area contributed by atoms with E-state index in [0.717, 1.165) is 38.8 Å². The summed E-state index contributed by atoms with van der Waals surface area (Å²) in [5, 5.41) is 8.72. The van der Waals surface area contributed by atoms with Crippen LogP contribution < -0.4 is 21.7 Å². The van der Waals surface area contributed by atoms with Crippen LogP contribution in [0.1, 0.15) is 51.4 Å². The second kappa shape index (κ2) is 10.2. The highest BCUT2D eigenvalue weighted by molar-refractivity contribution is 5.78. The molecule has 0 unspecified atom stereocenters. The number of amides is 4. The van der Waals surface area contributed by atoms with Crippen LogP contribution in [0.15, 0.2) is 0 Å². The van der Waals surface area contributed by atoms with Gasteiger partial charge < -0.3 is 21.7 Å². The quantitative estimate of drug-likeness (QED) is 0.518. The van der Waals surface area contributed by atoms with Crippen LogP contribution in [0.25, 0.3) is 0 Å². The summed E-state index contributed by atoms with van der Waals surface area (Å²) in [5.74, 6) is -0.369. The molecule has 0 aromatic rings. The maximum absolute atomic E-state index is 12.0. The molecule has 0 aromatic carbocycles. The van der Waals surface area contributed by atoms with Gasteiger partial charge in [0.05, 0.1) is 6.54 Å². The topological polar surface area (TPSA) is 117 Å². The van der Waals surface area contributed by atoms with E-state index in [0.29, 0.717) is 6.54 Å². The fraction of sp³-hybridized carbons (Fsp3) is 0.824. The first-order chi connectivity index (χ1) is 12.0. The van der Waals surface area contributed by atoms with Gasteiger partial charge in [-0.1, -0.05) is 19.3 Å². The Morgan fingerprint density at radius 3 is 2.20 bits per heavy atom. The summed E-state index contributed by atoms with van der Waals surface area (Å²) in [6.45, 7) is 2.14. The second-order valence-corrected chi connectivity index (χ2v) is 7.07. The van der Waals surface area contributed by atoms with Crippen molar-refractivity contribution >= 4 is 17.8 Å². The number of hydrogen-bond acceptors (Lipinski definition) is 4. The lowest BCUT2D eigenvalue weighted by Gasteiger charge is -2.31. The van der Waals surface area contributed by atoms with Crippen molar-refractivity contribution in [3.8, 4) is 0 Å². The van der Waals surface area contributed by atoms with E-state index in [-0.39, 0.29) is 42.9 Å². The van der Waals surface area contributed by atoms with Crippen molar-refractivity contribution in [3.05, 3.63) is 0 Å². The molecule has 0 aromatic heterocycles. The largest absolute Gasteiger partial charge is 0.369 e. The number of carbonyl (C=O) groups is 3. The SMILES string of the molecule is NC(=O)CN1CCC(NC(=O)CCNC(=O)NC2CCCCC2)CC1. The molecule has 0 bridgehead atoms. The minimum Gasteiger partial charge on any atom is -0.369 e. The van der Waals surface area contributed by atoms with Crippen molar-refractivity contribution in [1.29, 1.82) is 0 Å². The molecule has 8 heteroatoms. The number of hydrogen-bond donors (Lipinski definition) is 4. The Morgan fingerprint density at radius 1 is 0.920 bits per heavy atom. The predicted octanol–water partition coefficient (Wildman–Crippen LogP) is 0.0743. The van der Waals surface area contributed by atoms with Crippen LogP contribution in [-0.2, 0) is 9.59 Å². The summed E-state index contributed by atoms with van der Waals surface area (Å²) in [6.07, 6.45) is 7.59. The summed E-state index contributed by atoms with van der Waals surface area (Å²) in [4.78, 5) is 36.7. The molecule has 1 aliphatic heterocycles. The van der Waals surface area contributed by atoms with Crippen molar-refractivity contribution in [2.45, 2.75) is 63.5 Å². The van der Waals surface area contributed by atoms with Crippen LogP contribution in [0.4, 0.5) is 4.79 Å². The van der Waals surface area contributed by atoms with Gasteiger partial charge in [-0.15, -0.1) is 0 Å². The van der Waals surface area contributed by atoms with Crippen molar-refractivity contribution in [3.63, 3.8) is 0 Å². The average molecular weight is 353 g/mol. The van der Waals surface area contributed by atoms with Gasteiger partial charge >= 0.3 is 6.03 Å². The van der Waals surface area contributed by atoms with Crippen molar-refractivity contribution in [2.24, 2.45) is 5.73 Å². The Bertz CT molecular complexity index is 457. The molecule has 8 nitrogen and oxygen atoms in total. The molecular formula is C17H31N5O3. The highest BCUT2D eigenvalue weighted by Crippen LogP contribution is 2.17. The number of primary amides is 1. The zero-order chi connectivity index (χ0) is 18.1. The Balaban J connectivity index is 1.53. The number of nitrogens with two attached hydrogens (primary N) is 1. The van der Waals surface area contributed by atoms with E-state index in [2.05, 4.69) is 16.0 Å². The van der Waals surface area contributed by atoms with Gasteiger partial charge in [0, 0.05) is 38.1 Å². The highest BCUT2D eigenvalue weighted by Gasteiger charge is 2.21. The van der Waals surface area contributed by atoms with Crippen molar-refractivity contribution in [1.82, 2.24) is 20.9 Å². The third-order valence-electron chi connectivity index (χ3n) is 4.91. The number of nitrogens with one attached hydrogen (secondary N) is 3. The van der Waals surface area contributed by atoms with Gasteiger partial charge in [0.25, 0.3) is 0 Å². The van der Waals surface area contributed by atoms with Crippen LogP contribution in [0.3, 0.4) is 0 Å². The molecule has 5 N–H and O–H groups in total. The van der Waals surface area contributed by atoms with E-state index in [1.165, 1.54) is 19.3 Å². The van der Waals surface area contributed by atoms with E-state index in [1.807, 2.05) is 4.90 Å². The molecule has 0 atom stereocenters. The monoisotopic (exact) mass is 353 g/mol. The molecule has 1 saturated carbocycles. The summed E-state index contributed by atoms with van der Waals surface area (Å²) in [7, 11) is 0. The van der Waals surface area contributed by atoms with Gasteiger partial charge in [-0.25, -0.2) is 4.79 Å². The summed E-state index contributed by atoms with van der Waals surface area (Å²) < 4.78 is 0. The summed E-state index contributed by atoms with van der Waals surface area (Å²) in [6, 6.07) is 0.223. The standard InChI is InChI=1S/C17H31N5O3/c18-15(23)12-22-10-7-14(8-11-22)20-16(24)6-9-19-17(25)21-13-4-2-1-3-5-13/h13-14H,1-12H2,(H2,18,23)(H,20,24)(H2,19,21,25). The molecule has 1 saturated heterocycles. The Morgan fingerprint density at radius 2 is 1.56 bits per heavy atom. The number of likely N-dealkylation sites (tertiary alicyclic amines) is 1. The lowest BCUT2D eigenvalue weighted by Crippen LogP contribution is -2.47. The van der Waals surface area contributed by atoms with Gasteiger partial charge in [-0.05, 0) is 25.7 Å². The first kappa shape index (κ1) is 19.5. The maximum atomic E-state index is 12.0. The Kier molecular flexibility index (Phi) is 7.97. The van der Waals surface area contributed by atoms with Gasteiger partial charge in [0.15, 0.2) is 0 Å². The summed E-state index contributed by atoms with van der Waals surface area (Å²) in [5.41, 5.74) is 5.19. The molecule has 2 fully saturated rings. The minimum absolute atomic E-state index is 0.0497. The van der Waals surface area contributed by atoms with Crippen LogP contribution in [0, 0.1) is 0 Å². The lowest BCUT2D eigenvalue weighted by molar-refractivity contribution is -0.123. The molecule has 2 aliphatic rings. The van der Waals surface area contributed by atoms with Crippen LogP contribution in [0.5, 0.6) is 0 Å². The van der Waals surface area contributed by atoms with Gasteiger partial charge in [0.1, 0.15) is 0 Å². The van der Waals surface area contributed by atoms with Gasteiger partial charge in [0.2, 0.25) is 11.8 Å². The molecule has 0 radical (unpaired) electrons. The zero-order valence-corrected chi connectivity index (χ0v) is 14.9. The number of carbonyl (C=O) groups excluding carboxylic acids is 3. The molecule has 2 rings (SSSR count). The summed E-state index contributed by atoms with van der Waals surface area (Å²) >= 11 is 0. The van der Waals surface area contributed by atoms with Crippen LogP contribution >= 0.6 is 0 Å².